The summed E-state index contributed by atoms with van der Waals surface area (Å²) in [4.78, 5) is 23.6. The van der Waals surface area contributed by atoms with E-state index in [-0.39, 0.29) is 5.91 Å². The SMILES string of the molecule is Cc1[nH]cnc1CNC(=O)c1ccc2cccc(Cl)c2n1. The Bertz CT molecular complexity index is 812. The lowest BCUT2D eigenvalue weighted by Crippen LogP contribution is -2.24. The Labute approximate surface area is 126 Å². The second kappa shape index (κ2) is 5.54. The van der Waals surface area contributed by atoms with Crippen LogP contribution in [-0.4, -0.2) is 20.9 Å². The molecule has 5 nitrogen and oxygen atoms in total. The Morgan fingerprint density at radius 3 is 2.95 bits per heavy atom. The van der Waals surface area contributed by atoms with Crippen molar-refractivity contribution in [1.29, 1.82) is 0 Å². The maximum Gasteiger partial charge on any atom is 0.270 e. The van der Waals surface area contributed by atoms with E-state index in [1.807, 2.05) is 25.1 Å². The molecular weight excluding hydrogens is 288 g/mol. The molecule has 6 heteroatoms. The van der Waals surface area contributed by atoms with Gasteiger partial charge in [-0.1, -0.05) is 29.8 Å². The van der Waals surface area contributed by atoms with Crippen LogP contribution in [0, 0.1) is 6.92 Å². The smallest absolute Gasteiger partial charge is 0.270 e. The highest BCUT2D eigenvalue weighted by Crippen LogP contribution is 2.21. The number of carbonyl (C=O) groups is 1. The monoisotopic (exact) mass is 300 g/mol. The summed E-state index contributed by atoms with van der Waals surface area (Å²) in [6, 6.07) is 9.04. The van der Waals surface area contributed by atoms with Gasteiger partial charge in [-0.15, -0.1) is 0 Å². The van der Waals surface area contributed by atoms with E-state index in [2.05, 4.69) is 20.3 Å². The summed E-state index contributed by atoms with van der Waals surface area (Å²) in [5.74, 6) is -0.251. The highest BCUT2D eigenvalue weighted by atomic mass is 35.5. The maximum absolute atomic E-state index is 12.2. The average molecular weight is 301 g/mol. The number of aromatic nitrogens is 3. The van der Waals surface area contributed by atoms with Crippen LogP contribution in [0.2, 0.25) is 5.02 Å². The van der Waals surface area contributed by atoms with Crippen molar-refractivity contribution in [3.05, 3.63) is 58.8 Å². The van der Waals surface area contributed by atoms with Gasteiger partial charge < -0.3 is 10.3 Å². The lowest BCUT2D eigenvalue weighted by atomic mass is 10.2. The summed E-state index contributed by atoms with van der Waals surface area (Å²) in [6.45, 7) is 2.26. The number of imidazole rings is 1. The molecule has 0 saturated heterocycles. The molecule has 0 aliphatic carbocycles. The van der Waals surface area contributed by atoms with Crippen molar-refractivity contribution in [1.82, 2.24) is 20.3 Å². The Morgan fingerprint density at radius 1 is 1.33 bits per heavy atom. The van der Waals surface area contributed by atoms with E-state index in [4.69, 9.17) is 11.6 Å². The van der Waals surface area contributed by atoms with Gasteiger partial charge in [-0.2, -0.15) is 0 Å². The number of nitrogens with one attached hydrogen (secondary N) is 2. The van der Waals surface area contributed by atoms with Gasteiger partial charge in [0.15, 0.2) is 0 Å². The van der Waals surface area contributed by atoms with Crippen molar-refractivity contribution in [2.45, 2.75) is 13.5 Å². The Balaban J connectivity index is 1.81. The zero-order valence-corrected chi connectivity index (χ0v) is 12.1. The number of pyridine rings is 1. The van der Waals surface area contributed by atoms with Crippen LogP contribution in [-0.2, 0) is 6.54 Å². The molecule has 2 aromatic heterocycles. The molecule has 1 amide bonds. The number of rotatable bonds is 3. The number of amides is 1. The molecule has 0 atom stereocenters. The van der Waals surface area contributed by atoms with Crippen LogP contribution >= 0.6 is 11.6 Å². The van der Waals surface area contributed by atoms with Crippen molar-refractivity contribution < 1.29 is 4.79 Å². The fourth-order valence-electron chi connectivity index (χ4n) is 2.06. The fraction of sp³-hybridized carbons (Fsp3) is 0.133. The van der Waals surface area contributed by atoms with Gasteiger partial charge in [0.25, 0.3) is 5.91 Å². The third-order valence-electron chi connectivity index (χ3n) is 3.25. The first-order valence-corrected chi connectivity index (χ1v) is 6.85. The van der Waals surface area contributed by atoms with Gasteiger partial charge in [-0.05, 0) is 19.1 Å². The third kappa shape index (κ3) is 2.73. The minimum atomic E-state index is -0.251. The van der Waals surface area contributed by atoms with Gasteiger partial charge in [0.05, 0.1) is 29.1 Å². The lowest BCUT2D eigenvalue weighted by Gasteiger charge is -2.05. The third-order valence-corrected chi connectivity index (χ3v) is 3.56. The van der Waals surface area contributed by atoms with Crippen molar-refractivity contribution in [2.75, 3.05) is 0 Å². The second-order valence-corrected chi connectivity index (χ2v) is 5.07. The zero-order valence-electron chi connectivity index (χ0n) is 11.4. The molecule has 2 heterocycles. The van der Waals surface area contributed by atoms with Crippen LogP contribution < -0.4 is 5.32 Å². The molecule has 106 valence electrons. The number of hydrogen-bond donors (Lipinski definition) is 2. The number of aromatic amines is 1. The molecule has 21 heavy (non-hydrogen) atoms. The van der Waals surface area contributed by atoms with E-state index in [9.17, 15) is 4.79 Å². The Kier molecular flexibility index (Phi) is 3.58. The molecule has 0 aliphatic rings. The largest absolute Gasteiger partial charge is 0.348 e. The first-order chi connectivity index (χ1) is 10.1. The van der Waals surface area contributed by atoms with E-state index in [0.29, 0.717) is 22.8 Å². The highest BCUT2D eigenvalue weighted by Gasteiger charge is 2.10. The van der Waals surface area contributed by atoms with E-state index in [1.165, 1.54) is 0 Å². The number of para-hydroxylation sites is 1. The van der Waals surface area contributed by atoms with Gasteiger partial charge in [-0.25, -0.2) is 9.97 Å². The van der Waals surface area contributed by atoms with Crippen molar-refractivity contribution in [3.8, 4) is 0 Å². The van der Waals surface area contributed by atoms with Crippen LogP contribution in [0.5, 0.6) is 0 Å². The van der Waals surface area contributed by atoms with Gasteiger partial charge >= 0.3 is 0 Å². The van der Waals surface area contributed by atoms with Gasteiger partial charge in [-0.3, -0.25) is 4.79 Å². The van der Waals surface area contributed by atoms with Gasteiger partial charge in [0, 0.05) is 11.1 Å². The number of halogens is 1. The molecule has 0 radical (unpaired) electrons. The van der Waals surface area contributed by atoms with Crippen LogP contribution in [0.25, 0.3) is 10.9 Å². The van der Waals surface area contributed by atoms with Crippen molar-refractivity contribution in [2.24, 2.45) is 0 Å². The number of benzene rings is 1. The molecule has 0 fully saturated rings. The first-order valence-electron chi connectivity index (χ1n) is 6.47. The fourth-order valence-corrected chi connectivity index (χ4v) is 2.28. The van der Waals surface area contributed by atoms with Crippen molar-refractivity contribution >= 4 is 28.4 Å². The van der Waals surface area contributed by atoms with Crippen LogP contribution in [0.15, 0.2) is 36.7 Å². The van der Waals surface area contributed by atoms with Gasteiger partial charge in [0.1, 0.15) is 5.69 Å². The molecule has 0 spiro atoms. The topological polar surface area (TPSA) is 70.7 Å². The standard InChI is InChI=1S/C15H13ClN4O/c1-9-13(19-8-18-9)7-17-15(21)12-6-5-10-3-2-4-11(16)14(10)20-12/h2-6,8H,7H2,1H3,(H,17,21)(H,18,19). The van der Waals surface area contributed by atoms with Crippen LogP contribution in [0.1, 0.15) is 21.9 Å². The minimum absolute atomic E-state index is 0.251. The number of nitrogens with zero attached hydrogens (tertiary/aromatic N) is 2. The molecular formula is C15H13ClN4O. The molecule has 3 aromatic rings. The molecule has 2 N–H and O–H groups in total. The molecule has 0 bridgehead atoms. The average Bonchev–Trinajstić information content (AvgIpc) is 2.90. The zero-order chi connectivity index (χ0) is 14.8. The summed E-state index contributed by atoms with van der Waals surface area (Å²) in [6.07, 6.45) is 1.60. The predicted molar refractivity (Wildman–Crippen MR) is 81.2 cm³/mol. The van der Waals surface area contributed by atoms with E-state index in [0.717, 1.165) is 16.8 Å². The number of carbonyl (C=O) groups excluding carboxylic acids is 1. The molecule has 0 aliphatic heterocycles. The first kappa shape index (κ1) is 13.6. The summed E-state index contributed by atoms with van der Waals surface area (Å²) in [7, 11) is 0. The summed E-state index contributed by atoms with van der Waals surface area (Å²) < 4.78 is 0. The van der Waals surface area contributed by atoms with Crippen molar-refractivity contribution in [3.63, 3.8) is 0 Å². The quantitative estimate of drug-likeness (QED) is 0.781. The minimum Gasteiger partial charge on any atom is -0.348 e. The number of aryl methyl sites for hydroxylation is 1. The number of fused-ring (bicyclic) bond motifs is 1. The van der Waals surface area contributed by atoms with Gasteiger partial charge in [0.2, 0.25) is 0 Å². The molecule has 1 aromatic carbocycles. The number of H-pyrrole nitrogens is 1. The van der Waals surface area contributed by atoms with Crippen LogP contribution in [0.4, 0.5) is 0 Å². The predicted octanol–water partition coefficient (Wildman–Crippen LogP) is 2.85. The normalized spacial score (nSPS) is 10.8. The second-order valence-electron chi connectivity index (χ2n) is 4.66. The number of hydrogen-bond acceptors (Lipinski definition) is 3. The molecule has 0 unspecified atom stereocenters. The highest BCUT2D eigenvalue weighted by molar-refractivity contribution is 6.35. The van der Waals surface area contributed by atoms with E-state index in [1.54, 1.807) is 18.5 Å². The molecule has 0 saturated carbocycles. The summed E-state index contributed by atoms with van der Waals surface area (Å²) in [5.41, 5.74) is 2.71. The summed E-state index contributed by atoms with van der Waals surface area (Å²) in [5, 5.41) is 4.24. The Morgan fingerprint density at radius 2 is 2.19 bits per heavy atom. The van der Waals surface area contributed by atoms with Crippen LogP contribution in [0.3, 0.4) is 0 Å². The van der Waals surface area contributed by atoms with E-state index >= 15 is 0 Å². The molecule has 3 rings (SSSR count). The van der Waals surface area contributed by atoms with E-state index < -0.39 is 0 Å². The maximum atomic E-state index is 12.2. The summed E-state index contributed by atoms with van der Waals surface area (Å²) >= 11 is 6.10. The lowest BCUT2D eigenvalue weighted by molar-refractivity contribution is 0.0946. The Hall–Kier alpha value is -2.40.